The van der Waals surface area contributed by atoms with Gasteiger partial charge in [-0.05, 0) is 45.0 Å². The first-order valence-corrected chi connectivity index (χ1v) is 8.54. The maximum atomic E-state index is 12.9. The Balaban J connectivity index is 0.00000243. The van der Waals surface area contributed by atoms with Crippen molar-refractivity contribution in [1.82, 2.24) is 20.8 Å². The number of methoxy groups -OCH3 is 1. The monoisotopic (exact) mass is 380 g/mol. The van der Waals surface area contributed by atoms with Gasteiger partial charge >= 0.3 is 0 Å². The fraction of sp³-hybridized carbons (Fsp3) is 0.500. The third-order valence-corrected chi connectivity index (χ3v) is 4.66. The van der Waals surface area contributed by atoms with E-state index in [-0.39, 0.29) is 24.4 Å². The molecule has 1 aliphatic rings. The van der Waals surface area contributed by atoms with E-state index >= 15 is 0 Å². The molecule has 1 aromatic heterocycles. The highest BCUT2D eigenvalue weighted by atomic mass is 35.5. The number of nitrogens with one attached hydrogen (secondary N) is 2. The number of amides is 1. The molecule has 3 rings (SSSR count). The molecular weight excluding hydrogens is 356 g/mol. The number of piperidine rings is 1. The zero-order valence-corrected chi connectivity index (χ0v) is 15.8. The van der Waals surface area contributed by atoms with Crippen LogP contribution in [0.5, 0.6) is 0 Å². The number of halogens is 1. The highest BCUT2D eigenvalue weighted by Gasteiger charge is 2.40. The van der Waals surface area contributed by atoms with Crippen LogP contribution in [0.15, 0.2) is 34.9 Å². The number of aromatic nitrogens is 2. The lowest BCUT2D eigenvalue weighted by Crippen LogP contribution is -2.50. The third kappa shape index (κ3) is 4.41. The Morgan fingerprint density at radius 3 is 2.69 bits per heavy atom. The van der Waals surface area contributed by atoms with Crippen LogP contribution in [-0.2, 0) is 9.53 Å². The average molecular weight is 381 g/mol. The number of ether oxygens (including phenoxy) is 1. The Morgan fingerprint density at radius 1 is 1.35 bits per heavy atom. The molecule has 2 heterocycles. The summed E-state index contributed by atoms with van der Waals surface area (Å²) in [5.74, 6) is 0.897. The lowest BCUT2D eigenvalue weighted by atomic mass is 9.78. The molecule has 0 aliphatic carbocycles. The largest absolute Gasteiger partial charge is 0.384 e. The van der Waals surface area contributed by atoms with Gasteiger partial charge in [-0.15, -0.1) is 12.4 Å². The maximum Gasteiger partial charge on any atom is 0.257 e. The molecule has 0 spiro atoms. The molecule has 2 aromatic rings. The lowest BCUT2D eigenvalue weighted by Gasteiger charge is -2.36. The highest BCUT2D eigenvalue weighted by Crippen LogP contribution is 2.30. The summed E-state index contributed by atoms with van der Waals surface area (Å²) < 4.78 is 10.6. The first-order chi connectivity index (χ1) is 12.1. The summed E-state index contributed by atoms with van der Waals surface area (Å²) in [5.41, 5.74) is 0.356. The Labute approximate surface area is 159 Å². The quantitative estimate of drug-likeness (QED) is 0.799. The predicted molar refractivity (Wildman–Crippen MR) is 100.0 cm³/mol. The van der Waals surface area contributed by atoms with Crippen molar-refractivity contribution in [2.75, 3.05) is 26.8 Å². The Hall–Kier alpha value is -1.96. The molecule has 1 amide bonds. The molecule has 142 valence electrons. The molecule has 26 heavy (non-hydrogen) atoms. The summed E-state index contributed by atoms with van der Waals surface area (Å²) in [6, 6.07) is 9.23. The maximum absolute atomic E-state index is 12.9. The summed E-state index contributed by atoms with van der Waals surface area (Å²) in [4.78, 5) is 17.3. The van der Waals surface area contributed by atoms with Crippen molar-refractivity contribution in [1.29, 1.82) is 0 Å². The number of nitrogens with zero attached hydrogens (tertiary/aromatic N) is 2. The van der Waals surface area contributed by atoms with E-state index in [1.54, 1.807) is 7.11 Å². The van der Waals surface area contributed by atoms with Gasteiger partial charge in [-0.25, -0.2) is 0 Å². The topological polar surface area (TPSA) is 89.3 Å². The molecule has 7 nitrogen and oxygen atoms in total. The van der Waals surface area contributed by atoms with E-state index in [1.165, 1.54) is 0 Å². The van der Waals surface area contributed by atoms with Crippen LogP contribution in [-0.4, -0.2) is 42.9 Å². The second-order valence-electron chi connectivity index (χ2n) is 6.48. The molecule has 1 atom stereocenters. The summed E-state index contributed by atoms with van der Waals surface area (Å²) in [5, 5.41) is 10.3. The van der Waals surface area contributed by atoms with Gasteiger partial charge in [-0.1, -0.05) is 23.4 Å². The van der Waals surface area contributed by atoms with E-state index in [9.17, 15) is 4.79 Å². The van der Waals surface area contributed by atoms with E-state index < -0.39 is 5.41 Å². The molecule has 0 radical (unpaired) electrons. The second-order valence-corrected chi connectivity index (χ2v) is 6.48. The standard InChI is InChI=1S/C18H24N4O3.ClH/c1-13(15-21-16(25-22-15)14-6-4-3-5-7-14)20-17(23)18(12-24-2)8-10-19-11-9-18;/h3-7,13,19H,8-12H2,1-2H3,(H,20,23);1H. The van der Waals surface area contributed by atoms with Crippen molar-refractivity contribution in [3.05, 3.63) is 36.2 Å². The first kappa shape index (κ1) is 20.4. The van der Waals surface area contributed by atoms with Gasteiger partial charge in [0.05, 0.1) is 18.1 Å². The molecule has 1 saturated heterocycles. The Kier molecular flexibility index (Phi) is 7.14. The van der Waals surface area contributed by atoms with Crippen LogP contribution >= 0.6 is 12.4 Å². The van der Waals surface area contributed by atoms with Crippen molar-refractivity contribution in [3.63, 3.8) is 0 Å². The van der Waals surface area contributed by atoms with Crippen molar-refractivity contribution < 1.29 is 14.1 Å². The predicted octanol–water partition coefficient (Wildman–Crippen LogP) is 2.35. The molecule has 1 unspecified atom stereocenters. The van der Waals surface area contributed by atoms with Crippen LogP contribution in [0, 0.1) is 5.41 Å². The van der Waals surface area contributed by atoms with Crippen LogP contribution in [0.4, 0.5) is 0 Å². The second kappa shape index (κ2) is 9.12. The van der Waals surface area contributed by atoms with Crippen molar-refractivity contribution in [2.45, 2.75) is 25.8 Å². The van der Waals surface area contributed by atoms with Crippen LogP contribution in [0.1, 0.15) is 31.6 Å². The van der Waals surface area contributed by atoms with Crippen molar-refractivity contribution in [2.24, 2.45) is 5.41 Å². The minimum Gasteiger partial charge on any atom is -0.384 e. The van der Waals surface area contributed by atoms with Crippen LogP contribution in [0.2, 0.25) is 0 Å². The summed E-state index contributed by atoms with van der Waals surface area (Å²) >= 11 is 0. The average Bonchev–Trinajstić information content (AvgIpc) is 3.14. The van der Waals surface area contributed by atoms with Gasteiger partial charge in [0.1, 0.15) is 0 Å². The molecule has 0 bridgehead atoms. The zero-order chi connectivity index (χ0) is 17.7. The normalized spacial score (nSPS) is 17.2. The van der Waals surface area contributed by atoms with Gasteiger partial charge in [0.15, 0.2) is 5.82 Å². The molecule has 1 aromatic carbocycles. The van der Waals surface area contributed by atoms with Crippen LogP contribution in [0.3, 0.4) is 0 Å². The number of benzene rings is 1. The van der Waals surface area contributed by atoms with Crippen LogP contribution in [0.25, 0.3) is 11.5 Å². The number of carbonyl (C=O) groups excluding carboxylic acids is 1. The lowest BCUT2D eigenvalue weighted by molar-refractivity contribution is -0.137. The Morgan fingerprint density at radius 2 is 2.04 bits per heavy atom. The van der Waals surface area contributed by atoms with E-state index in [0.717, 1.165) is 31.5 Å². The molecular formula is C18H25ClN4O3. The van der Waals surface area contributed by atoms with E-state index in [4.69, 9.17) is 9.26 Å². The first-order valence-electron chi connectivity index (χ1n) is 8.54. The number of hydrogen-bond donors (Lipinski definition) is 2. The van der Waals surface area contributed by atoms with E-state index in [0.29, 0.717) is 18.3 Å². The number of carbonyl (C=O) groups is 1. The molecule has 2 N–H and O–H groups in total. The minimum atomic E-state index is -0.500. The minimum absolute atomic E-state index is 0. The van der Waals surface area contributed by atoms with Crippen molar-refractivity contribution in [3.8, 4) is 11.5 Å². The molecule has 1 fully saturated rings. The fourth-order valence-corrected chi connectivity index (χ4v) is 3.14. The third-order valence-electron chi connectivity index (χ3n) is 4.66. The fourth-order valence-electron chi connectivity index (χ4n) is 3.14. The number of rotatable bonds is 6. The van der Waals surface area contributed by atoms with Gasteiger partial charge < -0.3 is 19.9 Å². The van der Waals surface area contributed by atoms with Gasteiger partial charge in [0.25, 0.3) is 5.89 Å². The highest BCUT2D eigenvalue weighted by molar-refractivity contribution is 5.85. The van der Waals surface area contributed by atoms with E-state index in [2.05, 4.69) is 20.8 Å². The summed E-state index contributed by atoms with van der Waals surface area (Å²) in [7, 11) is 1.63. The van der Waals surface area contributed by atoms with E-state index in [1.807, 2.05) is 37.3 Å². The number of hydrogen-bond acceptors (Lipinski definition) is 6. The van der Waals surface area contributed by atoms with Gasteiger partial charge in [-0.3, -0.25) is 4.79 Å². The van der Waals surface area contributed by atoms with Gasteiger partial charge in [-0.2, -0.15) is 4.98 Å². The summed E-state index contributed by atoms with van der Waals surface area (Å²) in [6.45, 7) is 3.89. The zero-order valence-electron chi connectivity index (χ0n) is 15.0. The van der Waals surface area contributed by atoms with Gasteiger partial charge in [0, 0.05) is 12.7 Å². The smallest absolute Gasteiger partial charge is 0.257 e. The van der Waals surface area contributed by atoms with Crippen molar-refractivity contribution >= 4 is 18.3 Å². The summed E-state index contributed by atoms with van der Waals surface area (Å²) in [6.07, 6.45) is 1.50. The molecule has 0 saturated carbocycles. The molecule has 8 heteroatoms. The van der Waals surface area contributed by atoms with Gasteiger partial charge in [0.2, 0.25) is 5.91 Å². The SMILES string of the molecule is COCC1(C(=O)NC(C)c2noc(-c3ccccc3)n2)CCNCC1.Cl. The molecule has 1 aliphatic heterocycles. The Bertz CT molecular complexity index is 696. The van der Waals surface area contributed by atoms with Crippen LogP contribution < -0.4 is 10.6 Å².